The van der Waals surface area contributed by atoms with Crippen molar-refractivity contribution in [3.8, 4) is 5.75 Å². The lowest BCUT2D eigenvalue weighted by atomic mass is 10.2. The van der Waals surface area contributed by atoms with E-state index in [-0.39, 0.29) is 12.5 Å². The SMILES string of the molecule is Cc1cc(Cl)ccc1OCC(=O)N/N=C\c1ccccc1Br. The Hall–Kier alpha value is -1.85. The van der Waals surface area contributed by atoms with Crippen LogP contribution in [0.25, 0.3) is 0 Å². The second-order valence-corrected chi connectivity index (χ2v) is 5.80. The molecule has 0 saturated heterocycles. The average molecular weight is 382 g/mol. The summed E-state index contributed by atoms with van der Waals surface area (Å²) in [5, 5.41) is 4.53. The molecule has 0 heterocycles. The highest BCUT2D eigenvalue weighted by molar-refractivity contribution is 9.10. The zero-order valence-corrected chi connectivity index (χ0v) is 14.2. The first-order chi connectivity index (χ1) is 10.6. The standard InChI is InChI=1S/C16H14BrClN2O2/c1-11-8-13(18)6-7-15(11)22-10-16(21)20-19-9-12-4-2-3-5-14(12)17/h2-9H,10H2,1H3,(H,20,21)/b19-9-. The van der Waals surface area contributed by atoms with Crippen molar-refractivity contribution in [1.29, 1.82) is 0 Å². The molecule has 0 aliphatic carbocycles. The van der Waals surface area contributed by atoms with Gasteiger partial charge in [0.2, 0.25) is 0 Å². The quantitative estimate of drug-likeness (QED) is 0.630. The van der Waals surface area contributed by atoms with Gasteiger partial charge >= 0.3 is 0 Å². The van der Waals surface area contributed by atoms with Gasteiger partial charge in [0.25, 0.3) is 5.91 Å². The smallest absolute Gasteiger partial charge is 0.277 e. The van der Waals surface area contributed by atoms with E-state index in [0.717, 1.165) is 15.6 Å². The molecule has 1 N–H and O–H groups in total. The zero-order valence-electron chi connectivity index (χ0n) is 11.8. The number of ether oxygens (including phenoxy) is 1. The Balaban J connectivity index is 1.84. The minimum atomic E-state index is -0.336. The number of hydrogen-bond donors (Lipinski definition) is 1. The first-order valence-corrected chi connectivity index (χ1v) is 7.69. The molecule has 0 aliphatic rings. The summed E-state index contributed by atoms with van der Waals surface area (Å²) >= 11 is 9.26. The largest absolute Gasteiger partial charge is 0.483 e. The molecule has 0 spiro atoms. The number of hydrogen-bond acceptors (Lipinski definition) is 3. The molecule has 2 aromatic rings. The van der Waals surface area contributed by atoms with Gasteiger partial charge in [-0.2, -0.15) is 5.10 Å². The summed E-state index contributed by atoms with van der Waals surface area (Å²) in [4.78, 5) is 11.7. The van der Waals surface area contributed by atoms with Crippen molar-refractivity contribution in [3.05, 3.63) is 63.1 Å². The number of carbonyl (C=O) groups is 1. The van der Waals surface area contributed by atoms with Gasteiger partial charge in [-0.15, -0.1) is 0 Å². The number of halogens is 2. The van der Waals surface area contributed by atoms with Crippen molar-refractivity contribution in [2.75, 3.05) is 6.61 Å². The van der Waals surface area contributed by atoms with Crippen molar-refractivity contribution in [2.24, 2.45) is 5.10 Å². The van der Waals surface area contributed by atoms with Crippen LogP contribution in [0.15, 0.2) is 52.0 Å². The monoisotopic (exact) mass is 380 g/mol. The lowest BCUT2D eigenvalue weighted by Gasteiger charge is -2.08. The van der Waals surface area contributed by atoms with Gasteiger partial charge < -0.3 is 4.74 Å². The van der Waals surface area contributed by atoms with Crippen LogP contribution in [-0.4, -0.2) is 18.7 Å². The van der Waals surface area contributed by atoms with Crippen LogP contribution in [0.3, 0.4) is 0 Å². The highest BCUT2D eigenvalue weighted by Gasteiger charge is 2.04. The number of benzene rings is 2. The zero-order chi connectivity index (χ0) is 15.9. The van der Waals surface area contributed by atoms with E-state index in [2.05, 4.69) is 26.5 Å². The number of carbonyl (C=O) groups excluding carboxylic acids is 1. The number of rotatable bonds is 5. The number of nitrogens with zero attached hydrogens (tertiary/aromatic N) is 1. The summed E-state index contributed by atoms with van der Waals surface area (Å²) in [7, 11) is 0. The highest BCUT2D eigenvalue weighted by atomic mass is 79.9. The van der Waals surface area contributed by atoms with Gasteiger partial charge in [0, 0.05) is 15.1 Å². The first-order valence-electron chi connectivity index (χ1n) is 6.51. The van der Waals surface area contributed by atoms with Gasteiger partial charge in [-0.3, -0.25) is 4.79 Å². The Bertz CT molecular complexity index is 704. The second kappa shape index (κ2) is 7.96. The third kappa shape index (κ3) is 4.86. The minimum Gasteiger partial charge on any atom is -0.483 e. The number of nitrogens with one attached hydrogen (secondary N) is 1. The van der Waals surface area contributed by atoms with Crippen molar-refractivity contribution >= 4 is 39.7 Å². The van der Waals surface area contributed by atoms with E-state index in [0.29, 0.717) is 10.8 Å². The van der Waals surface area contributed by atoms with Gasteiger partial charge in [0.1, 0.15) is 5.75 Å². The molecule has 0 saturated carbocycles. The number of hydrazone groups is 1. The van der Waals surface area contributed by atoms with Gasteiger partial charge in [0.05, 0.1) is 6.21 Å². The summed E-state index contributed by atoms with van der Waals surface area (Å²) in [6.07, 6.45) is 1.57. The Morgan fingerprint density at radius 3 is 2.86 bits per heavy atom. The molecule has 0 atom stereocenters. The third-order valence-electron chi connectivity index (χ3n) is 2.79. The first kappa shape index (κ1) is 16.5. The molecule has 0 radical (unpaired) electrons. The van der Waals surface area contributed by atoms with Crippen molar-refractivity contribution in [1.82, 2.24) is 5.43 Å². The van der Waals surface area contributed by atoms with E-state index in [1.807, 2.05) is 31.2 Å². The van der Waals surface area contributed by atoms with Gasteiger partial charge in [-0.05, 0) is 36.8 Å². The van der Waals surface area contributed by atoms with Gasteiger partial charge in [-0.1, -0.05) is 45.7 Å². The third-order valence-corrected chi connectivity index (χ3v) is 3.75. The molecule has 0 unspecified atom stereocenters. The van der Waals surface area contributed by atoms with Crippen molar-refractivity contribution in [3.63, 3.8) is 0 Å². The molecule has 0 fully saturated rings. The van der Waals surface area contributed by atoms with E-state index < -0.39 is 0 Å². The second-order valence-electron chi connectivity index (χ2n) is 4.51. The van der Waals surface area contributed by atoms with Crippen LogP contribution in [0.2, 0.25) is 5.02 Å². The fourth-order valence-corrected chi connectivity index (χ4v) is 2.32. The van der Waals surface area contributed by atoms with E-state index >= 15 is 0 Å². The van der Waals surface area contributed by atoms with Gasteiger partial charge in [0.15, 0.2) is 6.61 Å². The highest BCUT2D eigenvalue weighted by Crippen LogP contribution is 2.21. The summed E-state index contributed by atoms with van der Waals surface area (Å²) in [6, 6.07) is 12.8. The maximum Gasteiger partial charge on any atom is 0.277 e. The van der Waals surface area contributed by atoms with E-state index in [9.17, 15) is 4.79 Å². The molecule has 0 aromatic heterocycles. The Morgan fingerprint density at radius 1 is 1.36 bits per heavy atom. The molecule has 2 rings (SSSR count). The summed E-state index contributed by atoms with van der Waals surface area (Å²) in [6.45, 7) is 1.75. The Labute approximate surface area is 142 Å². The van der Waals surface area contributed by atoms with Gasteiger partial charge in [-0.25, -0.2) is 5.43 Å². The minimum absolute atomic E-state index is 0.115. The molecular formula is C16H14BrClN2O2. The van der Waals surface area contributed by atoms with Crippen molar-refractivity contribution in [2.45, 2.75) is 6.92 Å². The summed E-state index contributed by atoms with van der Waals surface area (Å²) < 4.78 is 6.33. The van der Waals surface area contributed by atoms with Crippen LogP contribution >= 0.6 is 27.5 Å². The van der Waals surface area contributed by atoms with Crippen molar-refractivity contribution < 1.29 is 9.53 Å². The molecule has 0 aliphatic heterocycles. The fourth-order valence-electron chi connectivity index (χ4n) is 1.70. The predicted molar refractivity (Wildman–Crippen MR) is 91.6 cm³/mol. The molecular weight excluding hydrogens is 368 g/mol. The Morgan fingerprint density at radius 2 is 2.14 bits per heavy atom. The fraction of sp³-hybridized carbons (Fsp3) is 0.125. The van der Waals surface area contributed by atoms with E-state index in [4.69, 9.17) is 16.3 Å². The molecule has 0 bridgehead atoms. The van der Waals surface area contributed by atoms with Crippen LogP contribution in [0.1, 0.15) is 11.1 Å². The van der Waals surface area contributed by atoms with Crippen LogP contribution in [-0.2, 0) is 4.79 Å². The van der Waals surface area contributed by atoms with Crippen LogP contribution in [0, 0.1) is 6.92 Å². The number of amides is 1. The predicted octanol–water partition coefficient (Wildman–Crippen LogP) is 3.94. The Kier molecular flexibility index (Phi) is 5.98. The lowest BCUT2D eigenvalue weighted by molar-refractivity contribution is -0.123. The van der Waals surface area contributed by atoms with Crippen LogP contribution in [0.5, 0.6) is 5.75 Å². The normalized spacial score (nSPS) is 10.7. The molecule has 6 heteroatoms. The van der Waals surface area contributed by atoms with E-state index in [1.54, 1.807) is 24.4 Å². The maximum atomic E-state index is 11.7. The van der Waals surface area contributed by atoms with E-state index in [1.165, 1.54) is 0 Å². The maximum absolute atomic E-state index is 11.7. The topological polar surface area (TPSA) is 50.7 Å². The molecule has 4 nitrogen and oxygen atoms in total. The molecule has 22 heavy (non-hydrogen) atoms. The summed E-state index contributed by atoms with van der Waals surface area (Å²) in [5.74, 6) is 0.284. The average Bonchev–Trinajstić information content (AvgIpc) is 2.48. The molecule has 1 amide bonds. The van der Waals surface area contributed by atoms with Crippen LogP contribution < -0.4 is 10.2 Å². The lowest BCUT2D eigenvalue weighted by Crippen LogP contribution is -2.24. The summed E-state index contributed by atoms with van der Waals surface area (Å²) in [5.41, 5.74) is 4.16. The molecule has 2 aromatic carbocycles. The van der Waals surface area contributed by atoms with Crippen LogP contribution in [0.4, 0.5) is 0 Å². The number of aryl methyl sites for hydroxylation is 1. The molecule has 114 valence electrons.